The highest BCUT2D eigenvalue weighted by Gasteiger charge is 2.28. The number of aryl methyl sites for hydroxylation is 3. The van der Waals surface area contributed by atoms with Crippen molar-refractivity contribution in [2.45, 2.75) is 18.7 Å². The number of amides is 1. The Hall–Kier alpha value is -3.08. The molecule has 0 bridgehead atoms. The molecule has 8 nitrogen and oxygen atoms in total. The number of aromatic nitrogens is 3. The number of halogens is 2. The number of carbonyl (C=O) groups excluding carboxylic acids is 1. The van der Waals surface area contributed by atoms with Gasteiger partial charge >= 0.3 is 0 Å². The summed E-state index contributed by atoms with van der Waals surface area (Å²) in [5.74, 6) is -2.93. The molecule has 0 spiro atoms. The Bertz CT molecular complexity index is 1110. The van der Waals surface area contributed by atoms with E-state index in [-0.39, 0.29) is 27.9 Å². The van der Waals surface area contributed by atoms with Gasteiger partial charge in [0.05, 0.1) is 5.56 Å². The Morgan fingerprint density at radius 3 is 2.41 bits per heavy atom. The van der Waals surface area contributed by atoms with E-state index in [9.17, 15) is 22.0 Å². The number of nitrogens with zero attached hydrogens (tertiary/aromatic N) is 3. The van der Waals surface area contributed by atoms with Crippen molar-refractivity contribution in [3.8, 4) is 11.4 Å². The normalized spacial score (nSPS) is 11.6. The van der Waals surface area contributed by atoms with Crippen LogP contribution in [0.15, 0.2) is 33.8 Å². The monoisotopic (exact) mass is 396 g/mol. The highest BCUT2D eigenvalue weighted by Crippen LogP contribution is 2.25. The largest absolute Gasteiger partial charge is 0.360 e. The summed E-state index contributed by atoms with van der Waals surface area (Å²) in [7, 11) is -2.84. The molecule has 3 rings (SSSR count). The molecule has 0 unspecified atom stereocenters. The molecule has 0 fully saturated rings. The maximum atomic E-state index is 14.0. The van der Waals surface area contributed by atoms with Crippen LogP contribution in [0.3, 0.4) is 0 Å². The van der Waals surface area contributed by atoms with Crippen molar-refractivity contribution in [1.29, 1.82) is 0 Å². The van der Waals surface area contributed by atoms with Crippen LogP contribution in [-0.2, 0) is 17.1 Å². The molecule has 1 N–H and O–H groups in total. The lowest BCUT2D eigenvalue weighted by Crippen LogP contribution is -2.31. The van der Waals surface area contributed by atoms with Crippen molar-refractivity contribution in [3.63, 3.8) is 0 Å². The first-order chi connectivity index (χ1) is 12.6. The van der Waals surface area contributed by atoms with Crippen LogP contribution in [0.4, 0.5) is 8.78 Å². The van der Waals surface area contributed by atoms with Crippen LogP contribution in [0.5, 0.6) is 0 Å². The summed E-state index contributed by atoms with van der Waals surface area (Å²) < 4.78 is 60.6. The van der Waals surface area contributed by atoms with Crippen molar-refractivity contribution in [1.82, 2.24) is 19.4 Å². The highest BCUT2D eigenvalue weighted by atomic mass is 32.2. The Morgan fingerprint density at radius 1 is 1.22 bits per heavy atom. The van der Waals surface area contributed by atoms with Crippen LogP contribution in [0.25, 0.3) is 11.4 Å². The number of carbonyl (C=O) groups is 1. The minimum Gasteiger partial charge on any atom is -0.360 e. The summed E-state index contributed by atoms with van der Waals surface area (Å²) in [6.45, 7) is 2.80. The van der Waals surface area contributed by atoms with Crippen molar-refractivity contribution in [2.24, 2.45) is 7.05 Å². The second-order valence-corrected chi connectivity index (χ2v) is 7.36. The molecule has 27 heavy (non-hydrogen) atoms. The van der Waals surface area contributed by atoms with Crippen LogP contribution < -0.4 is 4.72 Å². The zero-order valence-electron chi connectivity index (χ0n) is 14.4. The number of imidazole rings is 1. The van der Waals surface area contributed by atoms with Gasteiger partial charge in [-0.05, 0) is 26.0 Å². The molecule has 142 valence electrons. The van der Waals surface area contributed by atoms with E-state index in [2.05, 4.69) is 10.1 Å². The third kappa shape index (κ3) is 3.33. The maximum absolute atomic E-state index is 14.0. The smallest absolute Gasteiger partial charge is 0.285 e. The number of hydrogen-bond donors (Lipinski definition) is 1. The van der Waals surface area contributed by atoms with Crippen molar-refractivity contribution >= 4 is 15.9 Å². The number of sulfonamides is 1. The first-order valence-corrected chi connectivity index (χ1v) is 9.08. The lowest BCUT2D eigenvalue weighted by Gasteiger charge is -2.04. The van der Waals surface area contributed by atoms with Gasteiger partial charge in [0, 0.05) is 13.2 Å². The van der Waals surface area contributed by atoms with Gasteiger partial charge < -0.3 is 9.09 Å². The SMILES string of the molecule is Cc1noc(C)c1S(=O)(=O)NC(=O)c1cn(C)c(-c2c(F)cccc2F)n1. The second-order valence-electron chi connectivity index (χ2n) is 5.75. The fourth-order valence-electron chi connectivity index (χ4n) is 2.60. The predicted molar refractivity (Wildman–Crippen MR) is 89.2 cm³/mol. The van der Waals surface area contributed by atoms with Crippen LogP contribution >= 0.6 is 0 Å². The minimum absolute atomic E-state index is 0.0166. The van der Waals surface area contributed by atoms with Gasteiger partial charge in [0.25, 0.3) is 15.9 Å². The lowest BCUT2D eigenvalue weighted by molar-refractivity contribution is 0.0977. The Kier molecular flexibility index (Phi) is 4.56. The van der Waals surface area contributed by atoms with E-state index in [0.29, 0.717) is 0 Å². The second kappa shape index (κ2) is 6.58. The number of rotatable bonds is 4. The zero-order valence-corrected chi connectivity index (χ0v) is 15.3. The van der Waals surface area contributed by atoms with E-state index < -0.39 is 33.1 Å². The Morgan fingerprint density at radius 2 is 1.85 bits per heavy atom. The molecular weight excluding hydrogens is 382 g/mol. The molecule has 1 amide bonds. The maximum Gasteiger partial charge on any atom is 0.285 e. The molecule has 0 saturated carbocycles. The Labute approximate surface area is 152 Å². The van der Waals surface area contributed by atoms with Crippen molar-refractivity contribution in [2.75, 3.05) is 0 Å². The molecule has 0 atom stereocenters. The van der Waals surface area contributed by atoms with E-state index in [4.69, 9.17) is 4.52 Å². The fraction of sp³-hybridized carbons (Fsp3) is 0.188. The molecule has 3 aromatic rings. The van der Waals surface area contributed by atoms with Gasteiger partial charge in [-0.3, -0.25) is 4.79 Å². The van der Waals surface area contributed by atoms with Gasteiger partial charge in [-0.2, -0.15) is 0 Å². The fourth-order valence-corrected chi connectivity index (χ4v) is 3.90. The summed E-state index contributed by atoms with van der Waals surface area (Å²) in [5, 5.41) is 3.53. The molecule has 11 heteroatoms. The van der Waals surface area contributed by atoms with Gasteiger partial charge in [-0.25, -0.2) is 26.9 Å². The lowest BCUT2D eigenvalue weighted by atomic mass is 10.2. The zero-order chi connectivity index (χ0) is 19.9. The average Bonchev–Trinajstić information content (AvgIpc) is 3.10. The van der Waals surface area contributed by atoms with E-state index in [1.165, 1.54) is 37.7 Å². The van der Waals surface area contributed by atoms with Gasteiger partial charge in [-0.1, -0.05) is 11.2 Å². The van der Waals surface area contributed by atoms with Crippen LogP contribution in [0, 0.1) is 25.5 Å². The average molecular weight is 396 g/mol. The van der Waals surface area contributed by atoms with Gasteiger partial charge in [-0.15, -0.1) is 0 Å². The molecule has 0 saturated heterocycles. The highest BCUT2D eigenvalue weighted by molar-refractivity contribution is 7.90. The summed E-state index contributed by atoms with van der Waals surface area (Å²) in [6, 6.07) is 3.30. The molecule has 1 aromatic carbocycles. The molecule has 2 heterocycles. The summed E-state index contributed by atoms with van der Waals surface area (Å²) in [6.07, 6.45) is 1.17. The number of benzene rings is 1. The molecule has 2 aromatic heterocycles. The molecular formula is C16H14F2N4O4S. The van der Waals surface area contributed by atoms with Gasteiger partial charge in [0.2, 0.25) is 0 Å². The third-order valence-electron chi connectivity index (χ3n) is 3.76. The summed E-state index contributed by atoms with van der Waals surface area (Å²) in [4.78, 5) is 16.0. The quantitative estimate of drug-likeness (QED) is 0.724. The first kappa shape index (κ1) is 18.7. The van der Waals surface area contributed by atoms with E-state index in [1.54, 1.807) is 0 Å². The predicted octanol–water partition coefficient (Wildman–Crippen LogP) is 2.09. The molecule has 0 aliphatic carbocycles. The third-order valence-corrected chi connectivity index (χ3v) is 5.33. The molecule has 0 radical (unpaired) electrons. The standard InChI is InChI=1S/C16H14F2N4O4S/c1-8-14(9(2)26-20-8)27(24,25)21-16(23)12-7-22(3)15(19-12)13-10(17)5-4-6-11(13)18/h4-7H,1-3H3,(H,21,23). The number of hydrogen-bond acceptors (Lipinski definition) is 6. The van der Waals surface area contributed by atoms with Gasteiger partial charge in [0.15, 0.2) is 10.7 Å². The Balaban J connectivity index is 1.96. The van der Waals surface area contributed by atoms with Crippen LogP contribution in [0.1, 0.15) is 21.9 Å². The van der Waals surface area contributed by atoms with Crippen molar-refractivity contribution < 1.29 is 26.5 Å². The minimum atomic E-state index is -4.26. The van der Waals surface area contributed by atoms with Crippen LogP contribution in [-0.4, -0.2) is 29.0 Å². The molecule has 0 aliphatic rings. The summed E-state index contributed by atoms with van der Waals surface area (Å²) >= 11 is 0. The summed E-state index contributed by atoms with van der Waals surface area (Å²) in [5.41, 5.74) is -0.666. The first-order valence-electron chi connectivity index (χ1n) is 7.59. The van der Waals surface area contributed by atoms with E-state index >= 15 is 0 Å². The topological polar surface area (TPSA) is 107 Å². The van der Waals surface area contributed by atoms with Gasteiger partial charge in [0.1, 0.15) is 28.8 Å². The van der Waals surface area contributed by atoms with Crippen LogP contribution in [0.2, 0.25) is 0 Å². The van der Waals surface area contributed by atoms with Crippen molar-refractivity contribution in [3.05, 3.63) is 53.2 Å². The molecule has 0 aliphatic heterocycles. The van der Waals surface area contributed by atoms with E-state index in [0.717, 1.165) is 12.1 Å². The van der Waals surface area contributed by atoms with E-state index in [1.807, 2.05) is 4.72 Å². The number of nitrogens with one attached hydrogen (secondary N) is 1.